The number of aliphatic imine (C=N–C) groups is 2. The molecule has 1 aromatic carbocycles. The molecule has 0 spiro atoms. The van der Waals surface area contributed by atoms with E-state index in [0.717, 1.165) is 6.92 Å². The van der Waals surface area contributed by atoms with Gasteiger partial charge in [-0.1, -0.05) is 46.8 Å². The summed E-state index contributed by atoms with van der Waals surface area (Å²) in [7, 11) is 0. The third-order valence-corrected chi connectivity index (χ3v) is 16.0. The number of nitrogens with two attached hydrogens (primary N) is 6. The molecule has 0 aromatic heterocycles. The molecule has 96 heavy (non-hydrogen) atoms. The second kappa shape index (κ2) is 43.5. The van der Waals surface area contributed by atoms with E-state index in [4.69, 9.17) is 34.4 Å². The van der Waals surface area contributed by atoms with Crippen molar-refractivity contribution in [1.29, 1.82) is 0 Å². The number of thioether (sulfide) groups is 1. The van der Waals surface area contributed by atoms with Crippen LogP contribution in [0.2, 0.25) is 0 Å². The smallest absolute Gasteiger partial charge is 0.305 e. The van der Waals surface area contributed by atoms with E-state index in [0.29, 0.717) is 31.2 Å². The molecule has 35 heteroatoms. The molecule has 1 saturated heterocycles. The molecule has 0 unspecified atom stereocenters. The number of hydrogen-bond donors (Lipinski definition) is 19. The van der Waals surface area contributed by atoms with E-state index in [9.17, 15) is 78.0 Å². The van der Waals surface area contributed by atoms with E-state index < -0.39 is 151 Å². The van der Waals surface area contributed by atoms with Gasteiger partial charge in [-0.15, -0.1) is 0 Å². The fourth-order valence-corrected chi connectivity index (χ4v) is 10.8. The van der Waals surface area contributed by atoms with Crippen molar-refractivity contribution in [1.82, 2.24) is 52.8 Å². The first-order chi connectivity index (χ1) is 45.2. The minimum atomic E-state index is -2.02. The summed E-state index contributed by atoms with van der Waals surface area (Å²) >= 11 is 1.25. The molecular formula is C61H104N18O16S. The maximum absolute atomic E-state index is 14.5. The number of phenols is 1. The highest BCUT2D eigenvalue weighted by Gasteiger charge is 2.41. The van der Waals surface area contributed by atoms with Gasteiger partial charge in [-0.2, -0.15) is 11.8 Å². The number of nitrogens with zero attached hydrogens (tertiary/aromatic N) is 3. The van der Waals surface area contributed by atoms with E-state index in [2.05, 4.69) is 57.8 Å². The molecule has 0 aliphatic carbocycles. The highest BCUT2D eigenvalue weighted by Crippen LogP contribution is 2.22. The first-order valence-corrected chi connectivity index (χ1v) is 33.5. The number of benzene rings is 1. The van der Waals surface area contributed by atoms with Crippen LogP contribution in [0.4, 0.5) is 0 Å². The number of guanidine groups is 2. The summed E-state index contributed by atoms with van der Waals surface area (Å²) in [6, 6.07) is -9.47. The van der Waals surface area contributed by atoms with E-state index >= 15 is 0 Å². The predicted molar refractivity (Wildman–Crippen MR) is 358 cm³/mol. The molecule has 34 nitrogen and oxygen atoms in total. The van der Waals surface area contributed by atoms with E-state index in [-0.39, 0.29) is 125 Å². The van der Waals surface area contributed by atoms with Crippen molar-refractivity contribution in [3.63, 3.8) is 0 Å². The summed E-state index contributed by atoms with van der Waals surface area (Å²) in [5.41, 5.74) is 33.7. The van der Waals surface area contributed by atoms with Crippen molar-refractivity contribution in [2.24, 2.45) is 62.1 Å². The number of carboxylic acids is 1. The Morgan fingerprint density at radius 1 is 0.573 bits per heavy atom. The number of hydrogen-bond acceptors (Lipinski definition) is 19. The van der Waals surface area contributed by atoms with Crippen LogP contribution in [-0.4, -0.2) is 220 Å². The number of nitrogens with one attached hydrogen (secondary N) is 9. The molecule has 0 radical (unpaired) electrons. The number of likely N-dealkylation sites (tertiary alicyclic amines) is 1. The lowest BCUT2D eigenvalue weighted by atomic mass is 9.97. The first-order valence-electron chi connectivity index (χ1n) is 32.1. The summed E-state index contributed by atoms with van der Waals surface area (Å²) in [6.07, 6.45) is 0.391. The summed E-state index contributed by atoms with van der Waals surface area (Å²) in [4.78, 5) is 174. The van der Waals surface area contributed by atoms with Crippen LogP contribution >= 0.6 is 11.8 Å². The summed E-state index contributed by atoms with van der Waals surface area (Å²) in [5, 5.41) is 63.9. The number of carbonyl (C=O) groups excluding carboxylic acids is 11. The number of aliphatic hydroxyl groups excluding tert-OH is 2. The number of phenolic OH excluding ortho intramolecular Hbond substituents is 1. The molecule has 1 aliphatic heterocycles. The Kier molecular flexibility index (Phi) is 37.8. The second-order valence-corrected chi connectivity index (χ2v) is 25.6. The fraction of sp³-hybridized carbons (Fsp3) is 0.672. The molecule has 0 saturated carbocycles. The van der Waals surface area contributed by atoms with Crippen molar-refractivity contribution in [3.05, 3.63) is 29.8 Å². The van der Waals surface area contributed by atoms with Gasteiger partial charge in [-0.25, -0.2) is 0 Å². The molecule has 1 aliphatic rings. The number of carboxylic acid groups (broad SMARTS) is 1. The third kappa shape index (κ3) is 30.9. The first kappa shape index (κ1) is 83.5. The minimum Gasteiger partial charge on any atom is -0.508 e. The van der Waals surface area contributed by atoms with Crippen molar-refractivity contribution >= 4 is 94.6 Å². The number of carbonyl (C=O) groups is 12. The van der Waals surface area contributed by atoms with Crippen molar-refractivity contribution in [3.8, 4) is 5.75 Å². The molecule has 1 aromatic rings. The van der Waals surface area contributed by atoms with E-state index in [1.165, 1.54) is 40.9 Å². The molecule has 1 fully saturated rings. The minimum absolute atomic E-state index is 0.0306. The van der Waals surface area contributed by atoms with Gasteiger partial charge in [0.15, 0.2) is 11.9 Å². The summed E-state index contributed by atoms with van der Waals surface area (Å²) < 4.78 is 0. The van der Waals surface area contributed by atoms with Crippen molar-refractivity contribution in [2.45, 2.75) is 198 Å². The summed E-state index contributed by atoms with van der Waals surface area (Å²) in [5.74, 6) is -12.3. The highest BCUT2D eigenvalue weighted by molar-refractivity contribution is 7.98. The Balaban J connectivity index is 2.45. The Hall–Kier alpha value is -8.57. The number of aliphatic carboxylic acids is 1. The maximum Gasteiger partial charge on any atom is 0.305 e. The lowest BCUT2D eigenvalue weighted by Gasteiger charge is -2.30. The fourth-order valence-electron chi connectivity index (χ4n) is 10.4. The van der Waals surface area contributed by atoms with Gasteiger partial charge in [-0.3, -0.25) is 67.5 Å². The molecule has 540 valence electrons. The van der Waals surface area contributed by atoms with Gasteiger partial charge in [-0.05, 0) is 132 Å². The van der Waals surface area contributed by atoms with Crippen molar-refractivity contribution in [2.75, 3.05) is 44.8 Å². The quantitative estimate of drug-likeness (QED) is 0.0166. The van der Waals surface area contributed by atoms with E-state index in [1.54, 1.807) is 27.0 Å². The van der Waals surface area contributed by atoms with E-state index in [1.807, 2.05) is 13.8 Å². The number of amides is 11. The van der Waals surface area contributed by atoms with Gasteiger partial charge in [0.1, 0.15) is 66.2 Å². The molecule has 1 heterocycles. The average molecular weight is 1380 g/mol. The molecule has 12 atom stereocenters. The topological polar surface area (TPSA) is 578 Å². The van der Waals surface area contributed by atoms with Crippen LogP contribution in [0.25, 0.3) is 0 Å². The van der Waals surface area contributed by atoms with Gasteiger partial charge < -0.3 is 108 Å². The van der Waals surface area contributed by atoms with Gasteiger partial charge >= 0.3 is 5.97 Å². The number of aromatic hydroxyl groups is 1. The predicted octanol–water partition coefficient (Wildman–Crippen LogP) is -4.66. The zero-order chi connectivity index (χ0) is 72.4. The van der Waals surface area contributed by atoms with Crippen LogP contribution in [0, 0.1) is 17.8 Å². The third-order valence-electron chi connectivity index (χ3n) is 15.3. The van der Waals surface area contributed by atoms with Gasteiger partial charge in [0.05, 0.1) is 19.1 Å². The number of unbranched alkanes of at least 4 members (excludes halogenated alkanes) is 1. The second-order valence-electron chi connectivity index (χ2n) is 24.6. The van der Waals surface area contributed by atoms with Crippen LogP contribution in [0.5, 0.6) is 5.75 Å². The lowest BCUT2D eigenvalue weighted by molar-refractivity contribution is -0.143. The van der Waals surface area contributed by atoms with Gasteiger partial charge in [0.2, 0.25) is 65.0 Å². The SMILES string of the molecule is CSCC[C@H](NC(=O)[C@H](CO)NC(=O)[C@@H]1CCCN1C(=O)[C@H](CCCN=C(N)N)NC(=O)[C@@H](C)CC(C)C)C(=O)N[C@H](C(=O)N[C@@H](CC(=O)O)C(=O)N[C@@H](CCCCN)C(=O)N[C@@H](Cc1ccc(O)cc1)C(=O)N[C@@H](CCCN=C(N)N)C(=O)N[C@@H](CC(C)C)C(N)=O)[C@@H](C)O. The Morgan fingerprint density at radius 3 is 1.54 bits per heavy atom. The lowest BCUT2D eigenvalue weighted by Crippen LogP contribution is -2.62. The van der Waals surface area contributed by atoms with Crippen LogP contribution in [0.1, 0.15) is 131 Å². The maximum atomic E-state index is 14.5. The largest absolute Gasteiger partial charge is 0.508 e. The Bertz CT molecular complexity index is 2810. The highest BCUT2D eigenvalue weighted by atomic mass is 32.2. The van der Waals surface area contributed by atoms with Crippen molar-refractivity contribution < 1.29 is 78.0 Å². The van der Waals surface area contributed by atoms with Gasteiger partial charge in [0, 0.05) is 32.0 Å². The zero-order valence-electron chi connectivity index (χ0n) is 55.9. The Morgan fingerprint density at radius 2 is 1.04 bits per heavy atom. The molecular weight excluding hydrogens is 1270 g/mol. The summed E-state index contributed by atoms with van der Waals surface area (Å²) in [6.45, 7) is 9.77. The molecule has 0 bridgehead atoms. The number of aliphatic hydroxyl groups is 2. The number of rotatable bonds is 45. The van der Waals surface area contributed by atoms with Crippen LogP contribution in [0.3, 0.4) is 0 Å². The average Bonchev–Trinajstić information content (AvgIpc) is 1.60. The van der Waals surface area contributed by atoms with Crippen LogP contribution in [0.15, 0.2) is 34.3 Å². The van der Waals surface area contributed by atoms with Gasteiger partial charge in [0.25, 0.3) is 0 Å². The normalized spacial score (nSPS) is 16.2. The molecule has 2 rings (SSSR count). The zero-order valence-corrected chi connectivity index (χ0v) is 56.8. The Labute approximate surface area is 563 Å². The standard InChI is InChI=1S/C61H104N18O16S/c1-32(2)27-34(5)50(86)73-41(15-11-24-69-61(66)67)59(95)79-25-12-16-46(79)57(93)77-45(31-80)56(92)72-40(21-26-96-7)53(89)78-48(35(6)81)58(94)76-44(30-47(83)84)55(91)70-38(13-8-9-22-62)52(88)75-43(29-36-17-19-37(82)20-18-36)54(90)71-39(14-10-23-68-60(64)65)51(87)74-42(49(63)85)28-33(3)4/h17-20,32-35,38-46,48,80-82H,8-16,21-31,62H2,1-7H3,(H2,63,85)(H,70,91)(H,71,90)(H,72,92)(H,73,86)(H,74,87)(H,75,88)(H,76,94)(H,77,93)(H,78,89)(H,83,84)(H4,64,65,68)(H4,66,67,69)/t34-,35+,38-,39-,40-,41-,42-,43-,44-,45-,46-,48-/m0/s1. The molecule has 25 N–H and O–H groups in total. The monoisotopic (exact) mass is 1380 g/mol. The van der Waals surface area contributed by atoms with Crippen LogP contribution in [-0.2, 0) is 64.0 Å². The van der Waals surface area contributed by atoms with Crippen LogP contribution < -0.4 is 82.3 Å². The number of primary amides is 1. The molecule has 11 amide bonds.